The molecule has 0 aliphatic carbocycles. The molecule has 0 saturated heterocycles. The van der Waals surface area contributed by atoms with Crippen molar-refractivity contribution < 1.29 is 19.7 Å². The number of nitrogens with two attached hydrogens (primary N) is 2. The molecule has 0 aliphatic rings. The third-order valence-corrected chi connectivity index (χ3v) is 5.11. The Bertz CT molecular complexity index is 1580. The number of phenols is 2. The van der Waals surface area contributed by atoms with Gasteiger partial charge in [-0.25, -0.2) is 0 Å². The number of hydrogen-bond acceptors (Lipinski definition) is 6. The molecular formula is C28H18N2O4. The summed E-state index contributed by atoms with van der Waals surface area (Å²) in [6.07, 6.45) is 17.4. The van der Waals surface area contributed by atoms with Crippen LogP contribution in [0, 0.1) is 37.0 Å². The fourth-order valence-electron chi connectivity index (χ4n) is 3.42. The lowest BCUT2D eigenvalue weighted by Crippen LogP contribution is -1.96. The van der Waals surface area contributed by atoms with Crippen LogP contribution >= 0.6 is 0 Å². The Hall–Kier alpha value is -5.38. The molecule has 164 valence electrons. The Labute approximate surface area is 196 Å². The number of ether oxygens (including phenoxy) is 2. The van der Waals surface area contributed by atoms with Crippen molar-refractivity contribution in [3.05, 3.63) is 71.3 Å². The van der Waals surface area contributed by atoms with Gasteiger partial charge in [0.1, 0.15) is 34.5 Å². The van der Waals surface area contributed by atoms with Crippen molar-refractivity contribution in [2.45, 2.75) is 0 Å². The molecule has 6 nitrogen and oxygen atoms in total. The van der Waals surface area contributed by atoms with E-state index < -0.39 is 0 Å². The van der Waals surface area contributed by atoms with E-state index in [4.69, 9.17) is 40.2 Å². The van der Waals surface area contributed by atoms with E-state index in [0.717, 1.165) is 0 Å². The van der Waals surface area contributed by atoms with Crippen LogP contribution in [0.25, 0.3) is 10.8 Å². The largest absolute Gasteiger partial charge is 0.506 e. The monoisotopic (exact) mass is 446 g/mol. The third kappa shape index (κ3) is 3.94. The minimum atomic E-state index is -0.0612. The summed E-state index contributed by atoms with van der Waals surface area (Å²) in [7, 11) is 0. The molecule has 4 aromatic rings. The Kier molecular flexibility index (Phi) is 5.54. The van der Waals surface area contributed by atoms with Gasteiger partial charge < -0.3 is 31.2 Å². The van der Waals surface area contributed by atoms with Gasteiger partial charge in [-0.1, -0.05) is 17.8 Å². The molecule has 0 bridgehead atoms. The van der Waals surface area contributed by atoms with Crippen molar-refractivity contribution in [2.75, 3.05) is 11.5 Å². The second kappa shape index (κ2) is 8.63. The molecule has 0 heterocycles. The number of fused-ring (bicyclic) bond motifs is 1. The second-order valence-corrected chi connectivity index (χ2v) is 7.27. The number of nitrogen functional groups attached to an aromatic ring is 2. The van der Waals surface area contributed by atoms with E-state index in [1.165, 1.54) is 24.3 Å². The van der Waals surface area contributed by atoms with Gasteiger partial charge in [-0.3, -0.25) is 0 Å². The molecule has 0 spiro atoms. The van der Waals surface area contributed by atoms with Crippen molar-refractivity contribution >= 4 is 22.1 Å². The zero-order valence-corrected chi connectivity index (χ0v) is 17.8. The summed E-state index contributed by atoms with van der Waals surface area (Å²) in [5.41, 5.74) is 13.2. The Morgan fingerprint density at radius 2 is 1.18 bits per heavy atom. The summed E-state index contributed by atoms with van der Waals surface area (Å²) in [4.78, 5) is 0. The predicted octanol–water partition coefficient (Wildman–Crippen LogP) is 4.94. The molecule has 0 unspecified atom stereocenters. The zero-order chi connectivity index (χ0) is 24.4. The van der Waals surface area contributed by atoms with Gasteiger partial charge in [-0.15, -0.1) is 19.3 Å². The van der Waals surface area contributed by atoms with Crippen LogP contribution in [0.3, 0.4) is 0 Å². The first kappa shape index (κ1) is 21.8. The number of terminal acetylenes is 3. The molecule has 0 saturated carbocycles. The van der Waals surface area contributed by atoms with E-state index in [0.29, 0.717) is 50.5 Å². The molecule has 6 N–H and O–H groups in total. The molecule has 34 heavy (non-hydrogen) atoms. The zero-order valence-electron chi connectivity index (χ0n) is 17.8. The van der Waals surface area contributed by atoms with Gasteiger partial charge in [0, 0.05) is 28.5 Å². The van der Waals surface area contributed by atoms with Crippen LogP contribution < -0.4 is 20.9 Å². The van der Waals surface area contributed by atoms with Crippen molar-refractivity contribution in [1.82, 2.24) is 0 Å². The normalized spacial score (nSPS) is 10.1. The highest BCUT2D eigenvalue weighted by atomic mass is 16.5. The number of anilines is 2. The molecule has 6 heteroatoms. The summed E-state index contributed by atoms with van der Waals surface area (Å²) in [5, 5.41) is 20.6. The smallest absolute Gasteiger partial charge is 0.144 e. The van der Waals surface area contributed by atoms with Crippen molar-refractivity contribution in [3.8, 4) is 71.5 Å². The lowest BCUT2D eigenvalue weighted by Gasteiger charge is -2.15. The van der Waals surface area contributed by atoms with Gasteiger partial charge in [0.15, 0.2) is 0 Å². The highest BCUT2D eigenvalue weighted by molar-refractivity contribution is 5.97. The SMILES string of the molecule is C#Cc1cc2c(C#C)c(Oc3ccc(O)c(N)c3)cc(C#C)c2cc1Oc1ccc(O)c(N)c1. The lowest BCUT2D eigenvalue weighted by atomic mass is 9.96. The predicted molar refractivity (Wildman–Crippen MR) is 133 cm³/mol. The minimum absolute atomic E-state index is 0.0563. The van der Waals surface area contributed by atoms with Crippen LogP contribution in [-0.4, -0.2) is 10.2 Å². The number of benzene rings is 4. The van der Waals surface area contributed by atoms with E-state index in [2.05, 4.69) is 17.8 Å². The van der Waals surface area contributed by atoms with E-state index >= 15 is 0 Å². The Morgan fingerprint density at radius 3 is 1.68 bits per heavy atom. The average molecular weight is 446 g/mol. The molecule has 4 rings (SSSR count). The van der Waals surface area contributed by atoms with E-state index in [-0.39, 0.29) is 22.9 Å². The number of phenolic OH excluding ortho intramolecular Hbond substituents is 2. The standard InChI is InChI=1S/C28H18N2O4/c1-4-16-12-28(34-19-8-10-26(32)24(30)14-19)20(6-3)22-11-17(5-2)27(15-21(16)22)33-18-7-9-25(31)23(29)13-18/h1-3,7-15,31-32H,29-30H2. The van der Waals surface area contributed by atoms with Crippen LogP contribution in [0.1, 0.15) is 16.7 Å². The number of rotatable bonds is 4. The van der Waals surface area contributed by atoms with Crippen LogP contribution in [0.2, 0.25) is 0 Å². The van der Waals surface area contributed by atoms with Gasteiger partial charge in [0.2, 0.25) is 0 Å². The maximum atomic E-state index is 9.66. The Morgan fingerprint density at radius 1 is 0.618 bits per heavy atom. The van der Waals surface area contributed by atoms with Gasteiger partial charge in [0.05, 0.1) is 22.5 Å². The summed E-state index contributed by atoms with van der Waals surface area (Å²) >= 11 is 0. The van der Waals surface area contributed by atoms with E-state index in [1.807, 2.05) is 0 Å². The van der Waals surface area contributed by atoms with Crippen LogP contribution in [0.15, 0.2) is 54.6 Å². The fraction of sp³-hybridized carbons (Fsp3) is 0. The van der Waals surface area contributed by atoms with Crippen molar-refractivity contribution in [2.24, 2.45) is 0 Å². The maximum absolute atomic E-state index is 9.66. The van der Waals surface area contributed by atoms with Crippen LogP contribution in [0.5, 0.6) is 34.5 Å². The minimum Gasteiger partial charge on any atom is -0.506 e. The fourth-order valence-corrected chi connectivity index (χ4v) is 3.42. The number of aromatic hydroxyl groups is 2. The molecule has 0 amide bonds. The average Bonchev–Trinajstić information content (AvgIpc) is 2.83. The van der Waals surface area contributed by atoms with E-state index in [1.54, 1.807) is 30.3 Å². The molecular weight excluding hydrogens is 428 g/mol. The van der Waals surface area contributed by atoms with Gasteiger partial charge in [-0.2, -0.15) is 0 Å². The highest BCUT2D eigenvalue weighted by Gasteiger charge is 2.17. The van der Waals surface area contributed by atoms with Gasteiger partial charge in [-0.05, 0) is 42.5 Å². The highest BCUT2D eigenvalue weighted by Crippen LogP contribution is 2.39. The summed E-state index contributed by atoms with van der Waals surface area (Å²) in [6, 6.07) is 13.9. The summed E-state index contributed by atoms with van der Waals surface area (Å²) in [6.45, 7) is 0. The first-order valence-electron chi connectivity index (χ1n) is 9.92. The van der Waals surface area contributed by atoms with Crippen LogP contribution in [0.4, 0.5) is 11.4 Å². The van der Waals surface area contributed by atoms with E-state index in [9.17, 15) is 10.2 Å². The maximum Gasteiger partial charge on any atom is 0.144 e. The Balaban J connectivity index is 1.87. The van der Waals surface area contributed by atoms with Gasteiger partial charge >= 0.3 is 0 Å². The molecule has 0 aliphatic heterocycles. The van der Waals surface area contributed by atoms with Crippen molar-refractivity contribution in [1.29, 1.82) is 0 Å². The molecule has 4 aromatic carbocycles. The van der Waals surface area contributed by atoms with Crippen molar-refractivity contribution in [3.63, 3.8) is 0 Å². The molecule has 0 fully saturated rings. The first-order valence-corrected chi connectivity index (χ1v) is 9.92. The van der Waals surface area contributed by atoms with Crippen LogP contribution in [-0.2, 0) is 0 Å². The third-order valence-electron chi connectivity index (χ3n) is 5.11. The summed E-state index contributed by atoms with van der Waals surface area (Å²) in [5.74, 6) is 9.21. The quantitative estimate of drug-likeness (QED) is 0.201. The molecule has 0 atom stereocenters. The first-order chi connectivity index (χ1) is 16.3. The molecule has 0 aromatic heterocycles. The lowest BCUT2D eigenvalue weighted by molar-refractivity contribution is 0.466. The molecule has 0 radical (unpaired) electrons. The van der Waals surface area contributed by atoms with Gasteiger partial charge in [0.25, 0.3) is 0 Å². The topological polar surface area (TPSA) is 111 Å². The number of hydrogen-bond donors (Lipinski definition) is 4. The summed E-state index contributed by atoms with van der Waals surface area (Å²) < 4.78 is 11.9. The second-order valence-electron chi connectivity index (χ2n) is 7.27.